The first-order chi connectivity index (χ1) is 14.6. The van der Waals surface area contributed by atoms with E-state index < -0.39 is 5.41 Å². The van der Waals surface area contributed by atoms with Crippen molar-refractivity contribution in [2.45, 2.75) is 19.8 Å². The summed E-state index contributed by atoms with van der Waals surface area (Å²) in [6, 6.07) is 8.31. The van der Waals surface area contributed by atoms with Crippen molar-refractivity contribution in [1.82, 2.24) is 24.8 Å². The van der Waals surface area contributed by atoms with E-state index in [2.05, 4.69) is 26.3 Å². The first-order valence-electron chi connectivity index (χ1n) is 10.1. The van der Waals surface area contributed by atoms with E-state index in [0.717, 1.165) is 46.2 Å². The first kappa shape index (κ1) is 17.2. The van der Waals surface area contributed by atoms with Gasteiger partial charge in [-0.25, -0.2) is 9.50 Å². The molecule has 2 aliphatic rings. The van der Waals surface area contributed by atoms with Gasteiger partial charge in [0, 0.05) is 47.6 Å². The number of hydrogen-bond donors (Lipinski definition) is 1. The Kier molecular flexibility index (Phi) is 3.37. The summed E-state index contributed by atoms with van der Waals surface area (Å²) in [5.74, 6) is 0.109. The fraction of sp³-hybridized carbons (Fsp3) is 0.318. The van der Waals surface area contributed by atoms with Crippen molar-refractivity contribution >= 4 is 28.1 Å². The van der Waals surface area contributed by atoms with E-state index in [9.17, 15) is 10.1 Å². The van der Waals surface area contributed by atoms with Crippen LogP contribution < -0.4 is 4.90 Å². The van der Waals surface area contributed by atoms with Crippen molar-refractivity contribution < 1.29 is 4.79 Å². The number of amides is 1. The summed E-state index contributed by atoms with van der Waals surface area (Å²) >= 11 is 0. The first-order valence-corrected chi connectivity index (χ1v) is 10.1. The van der Waals surface area contributed by atoms with Gasteiger partial charge in [-0.15, -0.1) is 0 Å². The Balaban J connectivity index is 1.45. The van der Waals surface area contributed by atoms with Crippen molar-refractivity contribution in [2.75, 3.05) is 11.4 Å². The van der Waals surface area contributed by atoms with Crippen molar-refractivity contribution in [1.29, 1.82) is 5.26 Å². The number of nitrogens with one attached hydrogen (secondary N) is 1. The number of carbonyl (C=O) groups excluding carboxylic acids is 1. The lowest BCUT2D eigenvalue weighted by molar-refractivity contribution is -0.124. The molecular formula is C22H19N7O. The molecule has 1 aliphatic carbocycles. The number of nitriles is 1. The smallest absolute Gasteiger partial charge is 0.248 e. The summed E-state index contributed by atoms with van der Waals surface area (Å²) in [6.45, 7) is 2.57. The number of aromatic nitrogens is 5. The molecule has 1 saturated heterocycles. The Bertz CT molecular complexity index is 1360. The van der Waals surface area contributed by atoms with Gasteiger partial charge >= 0.3 is 0 Å². The molecule has 6 rings (SSSR count). The van der Waals surface area contributed by atoms with E-state index in [-0.39, 0.29) is 17.7 Å². The largest absolute Gasteiger partial charge is 0.309 e. The Morgan fingerprint density at radius 2 is 2.13 bits per heavy atom. The predicted molar refractivity (Wildman–Crippen MR) is 110 cm³/mol. The number of fused-ring (bicyclic) bond motifs is 2. The summed E-state index contributed by atoms with van der Waals surface area (Å²) in [4.78, 5) is 19.6. The quantitative estimate of drug-likeness (QED) is 0.572. The number of carbonyl (C=O) groups is 1. The normalized spacial score (nSPS) is 24.1. The maximum Gasteiger partial charge on any atom is 0.248 e. The highest BCUT2D eigenvalue weighted by Crippen LogP contribution is 2.54. The zero-order valence-electron chi connectivity index (χ0n) is 16.4. The average Bonchev–Trinajstić information content (AvgIpc) is 3.23. The van der Waals surface area contributed by atoms with Crippen molar-refractivity contribution in [3.05, 3.63) is 43.0 Å². The molecular weight excluding hydrogens is 378 g/mol. The van der Waals surface area contributed by atoms with E-state index in [0.29, 0.717) is 6.54 Å². The lowest BCUT2D eigenvalue weighted by Gasteiger charge is -2.23. The van der Waals surface area contributed by atoms with Crippen LogP contribution in [0.25, 0.3) is 27.7 Å². The lowest BCUT2D eigenvalue weighted by Crippen LogP contribution is -2.37. The number of nitrogens with zero attached hydrogens (tertiary/aromatic N) is 6. The molecule has 5 heterocycles. The summed E-state index contributed by atoms with van der Waals surface area (Å²) in [5.41, 5.74) is 3.38. The topological polar surface area (TPSA) is 103 Å². The molecule has 8 heteroatoms. The van der Waals surface area contributed by atoms with E-state index >= 15 is 0 Å². The molecule has 2 fully saturated rings. The molecule has 8 nitrogen and oxygen atoms in total. The monoisotopic (exact) mass is 397 g/mol. The highest BCUT2D eigenvalue weighted by Gasteiger charge is 2.61. The average molecular weight is 397 g/mol. The minimum Gasteiger partial charge on any atom is -0.309 e. The van der Waals surface area contributed by atoms with Gasteiger partial charge in [-0.05, 0) is 37.0 Å². The van der Waals surface area contributed by atoms with Crippen LogP contribution in [0, 0.1) is 28.6 Å². The maximum absolute atomic E-state index is 13.4. The van der Waals surface area contributed by atoms with Gasteiger partial charge in [0.1, 0.15) is 5.41 Å². The molecule has 1 aliphatic heterocycles. The molecule has 2 atom stereocenters. The van der Waals surface area contributed by atoms with Crippen LogP contribution in [0.5, 0.6) is 0 Å². The number of pyridine rings is 1. The Morgan fingerprint density at radius 1 is 1.27 bits per heavy atom. The molecule has 30 heavy (non-hydrogen) atoms. The third-order valence-corrected chi connectivity index (χ3v) is 6.64. The molecule has 1 saturated carbocycles. The van der Waals surface area contributed by atoms with Crippen LogP contribution in [0.1, 0.15) is 19.8 Å². The molecule has 1 N–H and O–H groups in total. The van der Waals surface area contributed by atoms with Gasteiger partial charge in [0.25, 0.3) is 0 Å². The van der Waals surface area contributed by atoms with Gasteiger partial charge in [-0.1, -0.05) is 6.92 Å². The SMILES string of the molecule is C[C@@H]1CN(c2ccnn3cc(-c4cnc5[nH]ncc5c4)cc23)C(=O)[C@]1(C#N)C1CC1. The van der Waals surface area contributed by atoms with Crippen molar-refractivity contribution in [3.8, 4) is 17.2 Å². The standard InChI is InChI=1S/C22H19N7O/c1-13-10-28(21(30)22(13,12-23)17-2-3-17)18-4-5-26-29-11-16(7-19(18)29)14-6-15-9-25-27-20(15)24-8-14/h4-9,11,13,17H,2-3,10H2,1H3,(H,24,25,27)/t13-,22+/m1/s1. The van der Waals surface area contributed by atoms with Gasteiger partial charge < -0.3 is 4.90 Å². The summed E-state index contributed by atoms with van der Waals surface area (Å²) in [7, 11) is 0. The molecule has 0 unspecified atom stereocenters. The molecule has 4 aromatic rings. The van der Waals surface area contributed by atoms with Gasteiger partial charge in [-0.2, -0.15) is 15.5 Å². The fourth-order valence-corrected chi connectivity index (χ4v) is 4.89. The van der Waals surface area contributed by atoms with Gasteiger partial charge in [0.15, 0.2) is 5.65 Å². The zero-order valence-corrected chi connectivity index (χ0v) is 16.4. The lowest BCUT2D eigenvalue weighted by atomic mass is 9.75. The Labute approximate surface area is 172 Å². The van der Waals surface area contributed by atoms with Crippen LogP contribution in [0.15, 0.2) is 43.0 Å². The van der Waals surface area contributed by atoms with Crippen LogP contribution in [-0.4, -0.2) is 37.2 Å². The molecule has 1 amide bonds. The van der Waals surface area contributed by atoms with Gasteiger partial charge in [-0.3, -0.25) is 9.89 Å². The molecule has 4 aromatic heterocycles. The second-order valence-corrected chi connectivity index (χ2v) is 8.38. The van der Waals surface area contributed by atoms with E-state index in [4.69, 9.17) is 0 Å². The molecule has 0 spiro atoms. The highest BCUT2D eigenvalue weighted by atomic mass is 16.2. The van der Waals surface area contributed by atoms with Gasteiger partial charge in [0.05, 0.1) is 23.5 Å². The molecule has 148 valence electrons. The number of rotatable bonds is 3. The summed E-state index contributed by atoms with van der Waals surface area (Å²) < 4.78 is 1.78. The van der Waals surface area contributed by atoms with E-state index in [1.54, 1.807) is 28.0 Å². The highest BCUT2D eigenvalue weighted by molar-refractivity contribution is 6.05. The third kappa shape index (κ3) is 2.20. The number of anilines is 1. The maximum atomic E-state index is 13.4. The molecule has 0 radical (unpaired) electrons. The van der Waals surface area contributed by atoms with Crippen LogP contribution in [0.4, 0.5) is 5.69 Å². The molecule has 0 aromatic carbocycles. The van der Waals surface area contributed by atoms with E-state index in [1.807, 2.05) is 31.3 Å². The molecule has 0 bridgehead atoms. The van der Waals surface area contributed by atoms with Crippen LogP contribution in [-0.2, 0) is 4.79 Å². The third-order valence-electron chi connectivity index (χ3n) is 6.64. The minimum absolute atomic E-state index is 0.00199. The second kappa shape index (κ2) is 5.89. The number of hydrogen-bond acceptors (Lipinski definition) is 5. The Hall–Kier alpha value is -3.73. The minimum atomic E-state index is -0.897. The van der Waals surface area contributed by atoms with Crippen molar-refractivity contribution in [3.63, 3.8) is 0 Å². The second-order valence-electron chi connectivity index (χ2n) is 8.38. The van der Waals surface area contributed by atoms with Crippen molar-refractivity contribution in [2.24, 2.45) is 17.3 Å². The fourth-order valence-electron chi connectivity index (χ4n) is 4.89. The number of H-pyrrole nitrogens is 1. The van der Waals surface area contributed by atoms with Crippen LogP contribution in [0.2, 0.25) is 0 Å². The predicted octanol–water partition coefficient (Wildman–Crippen LogP) is 3.18. The number of aromatic amines is 1. The Morgan fingerprint density at radius 3 is 2.93 bits per heavy atom. The van der Waals surface area contributed by atoms with Crippen LogP contribution in [0.3, 0.4) is 0 Å². The summed E-state index contributed by atoms with van der Waals surface area (Å²) in [6.07, 6.45) is 9.10. The van der Waals surface area contributed by atoms with Gasteiger partial charge in [0.2, 0.25) is 5.91 Å². The zero-order chi connectivity index (χ0) is 20.5. The summed E-state index contributed by atoms with van der Waals surface area (Å²) in [5, 5.41) is 22.2. The van der Waals surface area contributed by atoms with Crippen LogP contribution >= 0.6 is 0 Å². The van der Waals surface area contributed by atoms with E-state index in [1.165, 1.54) is 0 Å².